The van der Waals surface area contributed by atoms with E-state index < -0.39 is 0 Å². The van der Waals surface area contributed by atoms with Crippen LogP contribution in [0.1, 0.15) is 40.9 Å². The summed E-state index contributed by atoms with van der Waals surface area (Å²) < 4.78 is 11.3. The van der Waals surface area contributed by atoms with Crippen LogP contribution in [0.3, 0.4) is 0 Å². The average Bonchev–Trinajstić information content (AvgIpc) is 3.34. The number of hydrogen-bond acceptors (Lipinski definition) is 6. The molecule has 0 saturated carbocycles. The normalized spacial score (nSPS) is 16.3. The number of nitrogens with zero attached hydrogens (tertiary/aromatic N) is 4. The molecule has 1 saturated heterocycles. The van der Waals surface area contributed by atoms with Gasteiger partial charge in [-0.05, 0) is 37.5 Å². The van der Waals surface area contributed by atoms with Gasteiger partial charge in [0.1, 0.15) is 12.0 Å². The topological polar surface area (TPSA) is 71.7 Å². The van der Waals surface area contributed by atoms with Gasteiger partial charge in [-0.1, -0.05) is 18.2 Å². The molecule has 3 aromatic rings. The summed E-state index contributed by atoms with van der Waals surface area (Å²) in [4.78, 5) is 26.5. The number of carbonyl (C=O) groups is 1. The van der Waals surface area contributed by atoms with Crippen molar-refractivity contribution in [3.63, 3.8) is 0 Å². The van der Waals surface area contributed by atoms with Gasteiger partial charge in [0.25, 0.3) is 5.91 Å². The molecule has 1 fully saturated rings. The molecule has 30 heavy (non-hydrogen) atoms. The minimum Gasteiger partial charge on any atom is -0.472 e. The maximum atomic E-state index is 12.8. The monoisotopic (exact) mass is 404 g/mol. The van der Waals surface area contributed by atoms with Gasteiger partial charge in [0.2, 0.25) is 11.8 Å². The van der Waals surface area contributed by atoms with Crippen molar-refractivity contribution >= 4 is 11.9 Å². The first-order chi connectivity index (χ1) is 14.8. The Morgan fingerprint density at radius 1 is 1.00 bits per heavy atom. The lowest BCUT2D eigenvalue weighted by atomic mass is 10.1. The fourth-order valence-electron chi connectivity index (χ4n) is 4.03. The van der Waals surface area contributed by atoms with E-state index in [0.717, 1.165) is 48.9 Å². The van der Waals surface area contributed by atoms with Gasteiger partial charge in [0.05, 0.1) is 29.6 Å². The molecule has 0 N–H and O–H groups in total. The minimum atomic E-state index is -0.0554. The number of anilines is 1. The van der Waals surface area contributed by atoms with Crippen molar-refractivity contribution in [2.75, 3.05) is 24.5 Å². The predicted molar refractivity (Wildman–Crippen MR) is 112 cm³/mol. The summed E-state index contributed by atoms with van der Waals surface area (Å²) in [6, 6.07) is 11.3. The Hall–Kier alpha value is -3.35. The zero-order valence-electron chi connectivity index (χ0n) is 16.8. The second kappa shape index (κ2) is 8.18. The van der Waals surface area contributed by atoms with Crippen molar-refractivity contribution in [3.8, 4) is 11.6 Å². The van der Waals surface area contributed by atoms with Crippen molar-refractivity contribution in [2.45, 2.75) is 32.2 Å². The summed E-state index contributed by atoms with van der Waals surface area (Å²) in [5.41, 5.74) is 2.39. The van der Waals surface area contributed by atoms with Crippen molar-refractivity contribution in [2.24, 2.45) is 0 Å². The van der Waals surface area contributed by atoms with E-state index in [-0.39, 0.29) is 5.91 Å². The van der Waals surface area contributed by atoms with Crippen LogP contribution in [0.2, 0.25) is 0 Å². The number of benzene rings is 1. The Bertz CT molecular complexity index is 1010. The Morgan fingerprint density at radius 3 is 2.60 bits per heavy atom. The number of carbonyl (C=O) groups excluding carboxylic acids is 1. The molecule has 0 atom stereocenters. The lowest BCUT2D eigenvalue weighted by molar-refractivity contribution is 0.0731. The molecule has 0 unspecified atom stereocenters. The molecule has 0 bridgehead atoms. The summed E-state index contributed by atoms with van der Waals surface area (Å²) >= 11 is 0. The predicted octanol–water partition coefficient (Wildman–Crippen LogP) is 4.05. The highest BCUT2D eigenvalue weighted by atomic mass is 16.5. The fourth-order valence-corrected chi connectivity index (χ4v) is 4.03. The average molecular weight is 404 g/mol. The minimum absolute atomic E-state index is 0.0554. The number of rotatable bonds is 4. The smallest absolute Gasteiger partial charge is 0.257 e. The highest BCUT2D eigenvalue weighted by molar-refractivity contribution is 5.94. The lowest BCUT2D eigenvalue weighted by Gasteiger charge is -2.31. The zero-order chi connectivity index (χ0) is 20.3. The summed E-state index contributed by atoms with van der Waals surface area (Å²) in [7, 11) is 0. The number of fused-ring (bicyclic) bond motifs is 1. The van der Waals surface area contributed by atoms with Gasteiger partial charge in [0, 0.05) is 26.1 Å². The van der Waals surface area contributed by atoms with Gasteiger partial charge in [-0.15, -0.1) is 0 Å². The third-order valence-corrected chi connectivity index (χ3v) is 5.66. The Balaban J connectivity index is 1.49. The number of hydrogen-bond donors (Lipinski definition) is 0. The van der Waals surface area contributed by atoms with Crippen LogP contribution in [0.25, 0.3) is 0 Å². The van der Waals surface area contributed by atoms with Crippen LogP contribution in [-0.2, 0) is 13.0 Å². The maximum absolute atomic E-state index is 12.8. The molecule has 2 aliphatic rings. The summed E-state index contributed by atoms with van der Waals surface area (Å²) in [5.74, 6) is 1.94. The maximum Gasteiger partial charge on any atom is 0.257 e. The molecule has 1 amide bonds. The van der Waals surface area contributed by atoms with Gasteiger partial charge in [0.15, 0.2) is 0 Å². The van der Waals surface area contributed by atoms with Crippen LogP contribution >= 0.6 is 0 Å². The standard InChI is InChI=1S/C23H24N4O3/c28-22(17-10-14-29-16-17)27-13-9-20-19(15-27)21(30-18-7-3-1-4-8-18)25-23(24-20)26-11-5-2-6-12-26/h1,3-4,7-8,10,14,16H,2,5-6,9,11-13,15H2. The molecule has 154 valence electrons. The molecule has 2 aromatic heterocycles. The third kappa shape index (κ3) is 3.75. The summed E-state index contributed by atoms with van der Waals surface area (Å²) in [6.07, 6.45) is 7.23. The van der Waals surface area contributed by atoms with Gasteiger partial charge >= 0.3 is 0 Å². The van der Waals surface area contributed by atoms with Crippen LogP contribution < -0.4 is 9.64 Å². The van der Waals surface area contributed by atoms with Crippen LogP contribution in [0.4, 0.5) is 5.95 Å². The molecule has 1 aromatic carbocycles. The summed E-state index contributed by atoms with van der Waals surface area (Å²) in [6.45, 7) is 2.96. The van der Waals surface area contributed by atoms with E-state index in [1.165, 1.54) is 18.9 Å². The van der Waals surface area contributed by atoms with E-state index in [1.807, 2.05) is 30.3 Å². The number of amides is 1. The van der Waals surface area contributed by atoms with Crippen LogP contribution in [0.5, 0.6) is 11.6 Å². The van der Waals surface area contributed by atoms with E-state index >= 15 is 0 Å². The molecule has 0 spiro atoms. The number of para-hydroxylation sites is 1. The van der Waals surface area contributed by atoms with Gasteiger partial charge < -0.3 is 19.0 Å². The van der Waals surface area contributed by atoms with Crippen LogP contribution in [0.15, 0.2) is 53.3 Å². The first-order valence-corrected chi connectivity index (χ1v) is 10.5. The van der Waals surface area contributed by atoms with E-state index in [1.54, 1.807) is 11.0 Å². The third-order valence-electron chi connectivity index (χ3n) is 5.66. The van der Waals surface area contributed by atoms with Crippen molar-refractivity contribution in [1.29, 1.82) is 0 Å². The second-order valence-electron chi connectivity index (χ2n) is 7.71. The number of aromatic nitrogens is 2. The quantitative estimate of drug-likeness (QED) is 0.653. The zero-order valence-corrected chi connectivity index (χ0v) is 16.8. The first kappa shape index (κ1) is 18.7. The number of ether oxygens (including phenoxy) is 1. The number of piperidine rings is 1. The van der Waals surface area contributed by atoms with Crippen molar-refractivity contribution in [1.82, 2.24) is 14.9 Å². The van der Waals surface area contributed by atoms with Crippen LogP contribution in [-0.4, -0.2) is 40.4 Å². The van der Waals surface area contributed by atoms with E-state index in [0.29, 0.717) is 31.0 Å². The van der Waals surface area contributed by atoms with Gasteiger partial charge in [-0.2, -0.15) is 4.98 Å². The van der Waals surface area contributed by atoms with E-state index in [4.69, 9.17) is 19.1 Å². The molecule has 4 heterocycles. The van der Waals surface area contributed by atoms with E-state index in [2.05, 4.69) is 4.90 Å². The fraction of sp³-hybridized carbons (Fsp3) is 0.348. The molecule has 2 aliphatic heterocycles. The highest BCUT2D eigenvalue weighted by Crippen LogP contribution is 2.32. The Kier molecular flexibility index (Phi) is 5.09. The molecular weight excluding hydrogens is 380 g/mol. The Morgan fingerprint density at radius 2 is 1.83 bits per heavy atom. The second-order valence-corrected chi connectivity index (χ2v) is 7.71. The lowest BCUT2D eigenvalue weighted by Crippen LogP contribution is -2.37. The van der Waals surface area contributed by atoms with E-state index in [9.17, 15) is 4.79 Å². The highest BCUT2D eigenvalue weighted by Gasteiger charge is 2.29. The molecule has 7 heteroatoms. The summed E-state index contributed by atoms with van der Waals surface area (Å²) in [5, 5.41) is 0. The molecule has 7 nitrogen and oxygen atoms in total. The SMILES string of the molecule is O=C(c1ccoc1)N1CCc2nc(N3CCCCC3)nc(Oc3ccccc3)c2C1. The Labute approximate surface area is 175 Å². The molecule has 5 rings (SSSR count). The van der Waals surface area contributed by atoms with Crippen molar-refractivity contribution in [3.05, 3.63) is 65.7 Å². The first-order valence-electron chi connectivity index (χ1n) is 10.5. The largest absolute Gasteiger partial charge is 0.472 e. The molecular formula is C23H24N4O3. The van der Waals surface area contributed by atoms with Crippen LogP contribution in [0, 0.1) is 0 Å². The molecule has 0 aliphatic carbocycles. The molecule has 0 radical (unpaired) electrons. The van der Waals surface area contributed by atoms with Crippen molar-refractivity contribution < 1.29 is 13.9 Å². The van der Waals surface area contributed by atoms with Gasteiger partial charge in [-0.3, -0.25) is 4.79 Å². The number of furan rings is 1. The van der Waals surface area contributed by atoms with Gasteiger partial charge in [-0.25, -0.2) is 4.98 Å².